The Morgan fingerprint density at radius 2 is 1.00 bits per heavy atom. The molecule has 2 atom stereocenters. The van der Waals surface area contributed by atoms with Crippen LogP contribution in [-0.4, -0.2) is 80.6 Å². The standard InChI is InChI=1S/C48H83NO7/c1-6-8-10-12-14-16-18-20-21-22-23-24-25-27-29-31-33-35-37-39-47(51)56-44(42-54-41-40-45(48(52)53)49(3,4)5)43-55-46(50)38-36-34-32-30-28-26-19-17-15-13-11-9-7-2/h8,10,14,16,20-21,23-24,26,28,44-45H,6-7,9,11-13,15,17-19,22,25,27,29-43H2,1-5H3/p+1/b10-8+,16-14+,21-20+,24-23+,28-26+. The van der Waals surface area contributed by atoms with Crippen molar-refractivity contribution >= 4 is 17.9 Å². The topological polar surface area (TPSA) is 99.1 Å². The molecule has 0 fully saturated rings. The molecule has 56 heavy (non-hydrogen) atoms. The van der Waals surface area contributed by atoms with Gasteiger partial charge in [0.15, 0.2) is 12.1 Å². The van der Waals surface area contributed by atoms with E-state index in [2.05, 4.69) is 74.6 Å². The highest BCUT2D eigenvalue weighted by atomic mass is 16.6. The van der Waals surface area contributed by atoms with Crippen LogP contribution in [0.15, 0.2) is 60.8 Å². The molecule has 0 saturated carbocycles. The molecule has 2 unspecified atom stereocenters. The van der Waals surface area contributed by atoms with E-state index in [0.29, 0.717) is 19.3 Å². The van der Waals surface area contributed by atoms with E-state index in [-0.39, 0.29) is 36.2 Å². The minimum Gasteiger partial charge on any atom is -0.477 e. The number of quaternary nitrogens is 1. The molecule has 0 rings (SSSR count). The number of hydrogen-bond donors (Lipinski definition) is 1. The average Bonchev–Trinajstić information content (AvgIpc) is 3.15. The van der Waals surface area contributed by atoms with Gasteiger partial charge in [0.05, 0.1) is 34.4 Å². The molecule has 322 valence electrons. The quantitative estimate of drug-likeness (QED) is 0.0287. The fraction of sp³-hybridized carbons (Fsp3) is 0.729. The van der Waals surface area contributed by atoms with Gasteiger partial charge in [-0.2, -0.15) is 0 Å². The number of unbranched alkanes of at least 4 members (excludes halogenated alkanes) is 15. The molecule has 0 radical (unpaired) electrons. The lowest BCUT2D eigenvalue weighted by Crippen LogP contribution is -2.50. The molecule has 0 aromatic carbocycles. The van der Waals surface area contributed by atoms with Crippen LogP contribution in [0.2, 0.25) is 0 Å². The Morgan fingerprint density at radius 1 is 0.554 bits per heavy atom. The Morgan fingerprint density at radius 3 is 1.52 bits per heavy atom. The molecule has 0 aromatic rings. The molecule has 0 heterocycles. The maximum atomic E-state index is 12.7. The van der Waals surface area contributed by atoms with Crippen molar-refractivity contribution in [3.63, 3.8) is 0 Å². The number of hydrogen-bond acceptors (Lipinski definition) is 6. The summed E-state index contributed by atoms with van der Waals surface area (Å²) in [5.41, 5.74) is 0. The van der Waals surface area contributed by atoms with Gasteiger partial charge in [0.1, 0.15) is 6.61 Å². The van der Waals surface area contributed by atoms with Gasteiger partial charge in [-0.25, -0.2) is 4.79 Å². The van der Waals surface area contributed by atoms with E-state index in [1.807, 2.05) is 21.1 Å². The van der Waals surface area contributed by atoms with E-state index in [4.69, 9.17) is 14.2 Å². The molecule has 0 aliphatic heterocycles. The molecule has 8 nitrogen and oxygen atoms in total. The van der Waals surface area contributed by atoms with Gasteiger partial charge in [0, 0.05) is 19.3 Å². The van der Waals surface area contributed by atoms with Crippen molar-refractivity contribution in [1.29, 1.82) is 0 Å². The monoisotopic (exact) mass is 787 g/mol. The zero-order valence-corrected chi connectivity index (χ0v) is 36.6. The number of nitrogens with zero attached hydrogens (tertiary/aromatic N) is 1. The van der Waals surface area contributed by atoms with Crippen molar-refractivity contribution in [2.24, 2.45) is 0 Å². The minimum atomic E-state index is -0.881. The summed E-state index contributed by atoms with van der Waals surface area (Å²) in [5, 5.41) is 9.62. The van der Waals surface area contributed by atoms with Gasteiger partial charge in [-0.15, -0.1) is 0 Å². The van der Waals surface area contributed by atoms with Crippen LogP contribution < -0.4 is 0 Å². The first kappa shape index (κ1) is 53.0. The molecule has 0 amide bonds. The van der Waals surface area contributed by atoms with Crippen LogP contribution in [0.4, 0.5) is 0 Å². The Hall–Kier alpha value is -2.97. The van der Waals surface area contributed by atoms with Crippen LogP contribution in [0, 0.1) is 0 Å². The zero-order chi connectivity index (χ0) is 41.4. The highest BCUT2D eigenvalue weighted by Crippen LogP contribution is 2.13. The lowest BCUT2D eigenvalue weighted by Gasteiger charge is -2.31. The van der Waals surface area contributed by atoms with Crippen LogP contribution in [0.3, 0.4) is 0 Å². The molecule has 0 aliphatic carbocycles. The number of ether oxygens (including phenoxy) is 3. The summed E-state index contributed by atoms with van der Waals surface area (Å²) >= 11 is 0. The van der Waals surface area contributed by atoms with Crippen molar-refractivity contribution in [2.45, 2.75) is 187 Å². The number of esters is 2. The third kappa shape index (κ3) is 36.7. The summed E-state index contributed by atoms with van der Waals surface area (Å²) in [4.78, 5) is 37.0. The number of carbonyl (C=O) groups excluding carboxylic acids is 2. The third-order valence-corrected chi connectivity index (χ3v) is 9.65. The molecule has 0 aliphatic rings. The molecule has 0 bridgehead atoms. The van der Waals surface area contributed by atoms with Gasteiger partial charge in [-0.3, -0.25) is 9.59 Å². The van der Waals surface area contributed by atoms with Crippen LogP contribution in [0.25, 0.3) is 0 Å². The van der Waals surface area contributed by atoms with E-state index in [9.17, 15) is 19.5 Å². The Balaban J connectivity index is 4.39. The molecule has 1 N–H and O–H groups in total. The van der Waals surface area contributed by atoms with Gasteiger partial charge in [-0.05, 0) is 77.0 Å². The lowest BCUT2D eigenvalue weighted by atomic mass is 10.1. The van der Waals surface area contributed by atoms with Crippen LogP contribution in [0.5, 0.6) is 0 Å². The van der Waals surface area contributed by atoms with Crippen LogP contribution in [0.1, 0.15) is 174 Å². The maximum Gasteiger partial charge on any atom is 0.362 e. The summed E-state index contributed by atoms with van der Waals surface area (Å²) in [5.74, 6) is -1.51. The van der Waals surface area contributed by atoms with Gasteiger partial charge in [0.25, 0.3) is 0 Å². The predicted octanol–water partition coefficient (Wildman–Crippen LogP) is 12.2. The fourth-order valence-electron chi connectivity index (χ4n) is 6.19. The SMILES string of the molecule is CC/C=C/C/C=C/C/C=C/C/C=C/CCCCCCCCC(=O)OC(COCCC(C(=O)O)[N+](C)(C)C)COC(=O)CCCCC/C=C/CCCCCCCC. The molecule has 0 spiro atoms. The number of carboxylic acids is 1. The van der Waals surface area contributed by atoms with Crippen molar-refractivity contribution in [2.75, 3.05) is 41.0 Å². The second-order valence-electron chi connectivity index (χ2n) is 15.9. The largest absolute Gasteiger partial charge is 0.477 e. The summed E-state index contributed by atoms with van der Waals surface area (Å²) in [7, 11) is 5.51. The normalized spacial score (nSPS) is 13.5. The van der Waals surface area contributed by atoms with E-state index in [1.165, 1.54) is 51.4 Å². The summed E-state index contributed by atoms with van der Waals surface area (Å²) < 4.78 is 17.2. The van der Waals surface area contributed by atoms with Crippen LogP contribution >= 0.6 is 0 Å². The Kier molecular flexibility index (Phi) is 36.8. The van der Waals surface area contributed by atoms with Gasteiger partial charge in [-0.1, -0.05) is 139 Å². The second kappa shape index (κ2) is 38.9. The predicted molar refractivity (Wildman–Crippen MR) is 234 cm³/mol. The van der Waals surface area contributed by atoms with E-state index in [1.54, 1.807) is 0 Å². The molecule has 8 heteroatoms. The van der Waals surface area contributed by atoms with Crippen molar-refractivity contribution in [1.82, 2.24) is 0 Å². The van der Waals surface area contributed by atoms with E-state index < -0.39 is 18.1 Å². The number of carboxylic acid groups (broad SMARTS) is 1. The summed E-state index contributed by atoms with van der Waals surface area (Å²) in [6, 6.07) is -0.621. The number of allylic oxidation sites excluding steroid dienone is 10. The fourth-order valence-corrected chi connectivity index (χ4v) is 6.19. The average molecular weight is 787 g/mol. The molecular weight excluding hydrogens is 703 g/mol. The first-order valence-corrected chi connectivity index (χ1v) is 22.3. The maximum absolute atomic E-state index is 12.7. The number of rotatable bonds is 39. The van der Waals surface area contributed by atoms with E-state index in [0.717, 1.165) is 89.9 Å². The molecular formula is C48H84NO7+. The number of carbonyl (C=O) groups is 3. The minimum absolute atomic E-state index is 0.0485. The lowest BCUT2D eigenvalue weighted by molar-refractivity contribution is -0.887. The van der Waals surface area contributed by atoms with Gasteiger partial charge < -0.3 is 23.8 Å². The van der Waals surface area contributed by atoms with Gasteiger partial charge in [0.2, 0.25) is 0 Å². The molecule has 0 aromatic heterocycles. The zero-order valence-electron chi connectivity index (χ0n) is 36.6. The Labute approximate surface area is 343 Å². The van der Waals surface area contributed by atoms with Crippen molar-refractivity contribution in [3.05, 3.63) is 60.8 Å². The van der Waals surface area contributed by atoms with Crippen molar-refractivity contribution < 1.29 is 38.2 Å². The summed E-state index contributed by atoms with van der Waals surface area (Å²) in [6.07, 6.45) is 46.9. The first-order chi connectivity index (χ1) is 27.1. The Bertz CT molecular complexity index is 1100. The molecule has 0 saturated heterocycles. The second-order valence-corrected chi connectivity index (χ2v) is 15.9. The number of aliphatic carboxylic acids is 1. The van der Waals surface area contributed by atoms with E-state index >= 15 is 0 Å². The third-order valence-electron chi connectivity index (χ3n) is 9.65. The highest BCUT2D eigenvalue weighted by molar-refractivity contribution is 5.72. The highest BCUT2D eigenvalue weighted by Gasteiger charge is 2.31. The summed E-state index contributed by atoms with van der Waals surface area (Å²) in [6.45, 7) is 4.58. The smallest absolute Gasteiger partial charge is 0.362 e. The van der Waals surface area contributed by atoms with Gasteiger partial charge >= 0.3 is 17.9 Å². The first-order valence-electron chi connectivity index (χ1n) is 22.3. The number of likely N-dealkylation sites (N-methyl/N-ethyl adjacent to an activating group) is 1. The van der Waals surface area contributed by atoms with Crippen LogP contribution in [-0.2, 0) is 28.6 Å². The van der Waals surface area contributed by atoms with Crippen molar-refractivity contribution in [3.8, 4) is 0 Å².